The second-order valence-electron chi connectivity index (χ2n) is 7.46. The zero-order valence-electron chi connectivity index (χ0n) is 18.2. The molecule has 4 rings (SSSR count). The van der Waals surface area contributed by atoms with Gasteiger partial charge in [-0.2, -0.15) is 0 Å². The number of benzene rings is 3. The number of primary sulfonamides is 1. The smallest absolute Gasteiger partial charge is 0.342 e. The van der Waals surface area contributed by atoms with E-state index in [2.05, 4.69) is 5.32 Å². The Morgan fingerprint density at radius 2 is 1.57 bits per heavy atom. The molecule has 178 valence electrons. The quantitative estimate of drug-likeness (QED) is 0.385. The lowest BCUT2D eigenvalue weighted by molar-refractivity contribution is -0.119. The predicted molar refractivity (Wildman–Crippen MR) is 123 cm³/mol. The lowest BCUT2D eigenvalue weighted by Gasteiger charge is -2.20. The maximum absolute atomic E-state index is 13.0. The van der Waals surface area contributed by atoms with Gasteiger partial charge in [0.2, 0.25) is 10.0 Å². The number of hydrogen-bond acceptors (Lipinski definition) is 8. The highest BCUT2D eigenvalue weighted by Crippen LogP contribution is 2.32. The summed E-state index contributed by atoms with van der Waals surface area (Å²) in [5.41, 5.74) is 0.524. The summed E-state index contributed by atoms with van der Waals surface area (Å²) < 4.78 is 33.2. The molecular weight excluding hydrogens is 476 g/mol. The number of sulfonamides is 1. The van der Waals surface area contributed by atoms with Gasteiger partial charge in [-0.3, -0.25) is 14.4 Å². The van der Waals surface area contributed by atoms with Gasteiger partial charge in [0.15, 0.2) is 18.2 Å². The maximum Gasteiger partial charge on any atom is 0.342 e. The van der Waals surface area contributed by atoms with E-state index in [4.69, 9.17) is 14.6 Å². The molecule has 1 amide bonds. The van der Waals surface area contributed by atoms with Crippen molar-refractivity contribution in [2.45, 2.75) is 4.90 Å². The van der Waals surface area contributed by atoms with Crippen LogP contribution in [0.1, 0.15) is 42.2 Å². The van der Waals surface area contributed by atoms with E-state index in [9.17, 15) is 27.6 Å². The van der Waals surface area contributed by atoms with E-state index in [0.29, 0.717) is 0 Å². The van der Waals surface area contributed by atoms with Gasteiger partial charge in [-0.05, 0) is 24.3 Å². The van der Waals surface area contributed by atoms with Crippen molar-refractivity contribution in [1.29, 1.82) is 0 Å². The average Bonchev–Trinajstić information content (AvgIpc) is 2.84. The molecule has 35 heavy (non-hydrogen) atoms. The molecule has 0 heterocycles. The number of carbonyl (C=O) groups excluding carboxylic acids is 4. The summed E-state index contributed by atoms with van der Waals surface area (Å²) in [5.74, 6) is -2.57. The number of carbonyl (C=O) groups is 4. The molecule has 0 aromatic heterocycles. The monoisotopic (exact) mass is 494 g/mol. The molecule has 0 unspecified atom stereocenters. The Morgan fingerprint density at radius 1 is 0.914 bits per heavy atom. The van der Waals surface area contributed by atoms with Crippen LogP contribution in [0.25, 0.3) is 0 Å². The van der Waals surface area contributed by atoms with Crippen molar-refractivity contribution in [3.05, 3.63) is 88.5 Å². The van der Waals surface area contributed by atoms with Crippen LogP contribution < -0.4 is 15.2 Å². The van der Waals surface area contributed by atoms with Crippen LogP contribution in [0.3, 0.4) is 0 Å². The summed E-state index contributed by atoms with van der Waals surface area (Å²) in [4.78, 5) is 50.5. The Balaban J connectivity index is 1.53. The van der Waals surface area contributed by atoms with Crippen molar-refractivity contribution in [2.24, 2.45) is 5.14 Å². The normalized spacial score (nSPS) is 12.4. The number of methoxy groups -OCH3 is 1. The summed E-state index contributed by atoms with van der Waals surface area (Å²) in [7, 11) is -2.83. The number of ether oxygens (including phenoxy) is 2. The van der Waals surface area contributed by atoms with Crippen molar-refractivity contribution in [2.75, 3.05) is 19.0 Å². The summed E-state index contributed by atoms with van der Waals surface area (Å²) in [6.07, 6.45) is 0. The first-order valence-corrected chi connectivity index (χ1v) is 11.7. The van der Waals surface area contributed by atoms with Crippen molar-refractivity contribution < 1.29 is 37.1 Å². The van der Waals surface area contributed by atoms with Gasteiger partial charge in [-0.1, -0.05) is 36.4 Å². The molecule has 1 aliphatic carbocycles. The Labute approximate surface area is 199 Å². The average molecular weight is 494 g/mol. The summed E-state index contributed by atoms with van der Waals surface area (Å²) in [6, 6.07) is 14.2. The molecule has 0 aliphatic heterocycles. The Hall–Kier alpha value is -4.35. The Kier molecular flexibility index (Phi) is 6.20. The van der Waals surface area contributed by atoms with Crippen molar-refractivity contribution in [3.63, 3.8) is 0 Å². The van der Waals surface area contributed by atoms with Gasteiger partial charge in [0.1, 0.15) is 11.3 Å². The zero-order chi connectivity index (χ0) is 25.3. The molecule has 10 nitrogen and oxygen atoms in total. The number of rotatable bonds is 6. The Morgan fingerprint density at radius 3 is 2.23 bits per heavy atom. The second-order valence-corrected chi connectivity index (χ2v) is 9.02. The fourth-order valence-corrected chi connectivity index (χ4v) is 4.21. The lowest BCUT2D eigenvalue weighted by atomic mass is 9.83. The van der Waals surface area contributed by atoms with E-state index in [1.54, 1.807) is 18.2 Å². The maximum atomic E-state index is 13.0. The molecule has 0 saturated carbocycles. The van der Waals surface area contributed by atoms with Crippen molar-refractivity contribution in [1.82, 2.24) is 0 Å². The molecule has 3 N–H and O–H groups in total. The van der Waals surface area contributed by atoms with Crippen LogP contribution in [0.2, 0.25) is 0 Å². The molecule has 0 bridgehead atoms. The standard InChI is InChI=1S/C24H18N2O8S/c1-33-19-10-9-13(35(25,31)32)11-17(19)24(30)34-12-20(27)26-18-8-4-7-16-21(18)23(29)15-6-3-2-5-14(15)22(16)28/h2-11H,12H2,1H3,(H,26,27)(H2,25,31,32). The molecule has 0 spiro atoms. The number of ketones is 2. The van der Waals surface area contributed by atoms with Crippen LogP contribution in [0.15, 0.2) is 65.6 Å². The molecular formula is C24H18N2O8S. The molecule has 11 heteroatoms. The largest absolute Gasteiger partial charge is 0.496 e. The minimum atomic E-state index is -4.10. The number of hydrogen-bond donors (Lipinski definition) is 2. The SMILES string of the molecule is COc1ccc(S(N)(=O)=O)cc1C(=O)OCC(=O)Nc1cccc2c1C(=O)c1ccccc1C2=O. The van der Waals surface area contributed by atoms with E-state index in [-0.39, 0.29) is 49.9 Å². The summed E-state index contributed by atoms with van der Waals surface area (Å²) in [5, 5.41) is 7.58. The molecule has 0 atom stereocenters. The first kappa shape index (κ1) is 23.8. The van der Waals surface area contributed by atoms with Gasteiger partial charge in [-0.15, -0.1) is 0 Å². The number of anilines is 1. The first-order chi connectivity index (χ1) is 16.6. The second kappa shape index (κ2) is 9.12. The topological polar surface area (TPSA) is 159 Å². The van der Waals surface area contributed by atoms with Gasteiger partial charge in [0.05, 0.1) is 23.3 Å². The number of nitrogens with one attached hydrogen (secondary N) is 1. The number of esters is 1. The van der Waals surface area contributed by atoms with Gasteiger partial charge >= 0.3 is 5.97 Å². The first-order valence-electron chi connectivity index (χ1n) is 10.1. The molecule has 3 aromatic carbocycles. The van der Waals surface area contributed by atoms with Crippen LogP contribution in [0, 0.1) is 0 Å². The van der Waals surface area contributed by atoms with E-state index >= 15 is 0 Å². The fraction of sp³-hybridized carbons (Fsp3) is 0.0833. The predicted octanol–water partition coefficient (Wildman–Crippen LogP) is 1.91. The van der Waals surface area contributed by atoms with Crippen LogP contribution in [-0.2, 0) is 19.6 Å². The molecule has 0 fully saturated rings. The minimum absolute atomic E-state index is 0.0164. The molecule has 1 aliphatic rings. The van der Waals surface area contributed by atoms with E-state index in [1.807, 2.05) is 0 Å². The van der Waals surface area contributed by atoms with Gasteiger partial charge in [-0.25, -0.2) is 18.4 Å². The number of amides is 1. The van der Waals surface area contributed by atoms with E-state index in [1.165, 1.54) is 37.4 Å². The highest BCUT2D eigenvalue weighted by molar-refractivity contribution is 7.89. The zero-order valence-corrected chi connectivity index (χ0v) is 19.0. The van der Waals surface area contributed by atoms with Gasteiger partial charge < -0.3 is 14.8 Å². The molecule has 3 aromatic rings. The molecule has 0 radical (unpaired) electrons. The van der Waals surface area contributed by atoms with Crippen LogP contribution >= 0.6 is 0 Å². The van der Waals surface area contributed by atoms with Crippen LogP contribution in [0.5, 0.6) is 5.75 Å². The molecule has 0 saturated heterocycles. The van der Waals surface area contributed by atoms with Gasteiger partial charge in [0, 0.05) is 16.7 Å². The minimum Gasteiger partial charge on any atom is -0.496 e. The Bertz CT molecular complexity index is 1510. The third-order valence-corrected chi connectivity index (χ3v) is 6.19. The van der Waals surface area contributed by atoms with Crippen molar-refractivity contribution >= 4 is 39.2 Å². The van der Waals surface area contributed by atoms with Gasteiger partial charge in [0.25, 0.3) is 5.91 Å². The summed E-state index contributed by atoms with van der Waals surface area (Å²) >= 11 is 0. The number of nitrogens with two attached hydrogens (primary N) is 1. The van der Waals surface area contributed by atoms with Crippen LogP contribution in [0.4, 0.5) is 5.69 Å². The van der Waals surface area contributed by atoms with E-state index in [0.717, 1.165) is 12.1 Å². The van der Waals surface area contributed by atoms with Crippen LogP contribution in [-0.4, -0.2) is 45.6 Å². The highest BCUT2D eigenvalue weighted by atomic mass is 32.2. The fourth-order valence-electron chi connectivity index (χ4n) is 3.67. The lowest BCUT2D eigenvalue weighted by Crippen LogP contribution is -2.26. The third kappa shape index (κ3) is 4.54. The summed E-state index contributed by atoms with van der Waals surface area (Å²) in [6.45, 7) is -0.760. The van der Waals surface area contributed by atoms with Crippen molar-refractivity contribution in [3.8, 4) is 5.75 Å². The highest BCUT2D eigenvalue weighted by Gasteiger charge is 2.31. The number of fused-ring (bicyclic) bond motifs is 2. The third-order valence-electron chi connectivity index (χ3n) is 5.28. The van der Waals surface area contributed by atoms with E-state index < -0.39 is 34.3 Å².